The number of nitrogens with zero attached hydrogens (tertiary/aromatic N) is 2. The first-order valence-electron chi connectivity index (χ1n) is 10.6. The number of aliphatic hydroxyl groups is 1. The second-order valence-electron chi connectivity index (χ2n) is 8.07. The largest absolute Gasteiger partial charge is 0.389 e. The Hall–Kier alpha value is -1.06. The van der Waals surface area contributed by atoms with E-state index < -0.39 is 6.10 Å². The fourth-order valence-electron chi connectivity index (χ4n) is 3.29. The van der Waals surface area contributed by atoms with Crippen LogP contribution in [-0.2, 0) is 4.74 Å². The predicted octanol–water partition coefficient (Wildman–Crippen LogP) is 3.17. The van der Waals surface area contributed by atoms with Crippen LogP contribution in [0.5, 0.6) is 0 Å². The van der Waals surface area contributed by atoms with Crippen molar-refractivity contribution in [3.8, 4) is 0 Å². The van der Waals surface area contributed by atoms with Crippen LogP contribution < -0.4 is 15.5 Å². The SMILES string of the molecule is CCNC(=NCC(O)COCC(C)C)NC1CCCN(c2ccc(C)cc2)C1.I. The third-order valence-corrected chi connectivity index (χ3v) is 4.73. The van der Waals surface area contributed by atoms with Gasteiger partial charge in [-0.15, -0.1) is 24.0 Å². The van der Waals surface area contributed by atoms with Crippen molar-refractivity contribution in [1.29, 1.82) is 0 Å². The molecule has 166 valence electrons. The second-order valence-corrected chi connectivity index (χ2v) is 8.07. The lowest BCUT2D eigenvalue weighted by Crippen LogP contribution is -2.51. The van der Waals surface area contributed by atoms with Crippen molar-refractivity contribution in [3.05, 3.63) is 29.8 Å². The van der Waals surface area contributed by atoms with Gasteiger partial charge in [-0.25, -0.2) is 0 Å². The second kappa shape index (κ2) is 14.0. The normalized spacial score (nSPS) is 18.3. The molecule has 0 aliphatic carbocycles. The van der Waals surface area contributed by atoms with Crippen molar-refractivity contribution in [3.63, 3.8) is 0 Å². The lowest BCUT2D eigenvalue weighted by molar-refractivity contribution is 0.0301. The quantitative estimate of drug-likeness (QED) is 0.266. The molecule has 1 aliphatic heterocycles. The number of guanidine groups is 1. The highest BCUT2D eigenvalue weighted by Gasteiger charge is 2.21. The van der Waals surface area contributed by atoms with Crippen LogP contribution in [0, 0.1) is 12.8 Å². The average molecular weight is 518 g/mol. The fraction of sp³-hybridized carbons (Fsp3) is 0.682. The highest BCUT2D eigenvalue weighted by molar-refractivity contribution is 14.0. The molecule has 0 saturated carbocycles. The third-order valence-electron chi connectivity index (χ3n) is 4.73. The molecule has 2 rings (SSSR count). The van der Waals surface area contributed by atoms with E-state index in [2.05, 4.69) is 72.5 Å². The summed E-state index contributed by atoms with van der Waals surface area (Å²) in [5.41, 5.74) is 2.56. The Kier molecular flexibility index (Phi) is 12.6. The molecule has 3 N–H and O–H groups in total. The molecular weight excluding hydrogens is 479 g/mol. The number of hydrogen-bond acceptors (Lipinski definition) is 4. The molecule has 1 aromatic rings. The molecule has 0 radical (unpaired) electrons. The monoisotopic (exact) mass is 518 g/mol. The van der Waals surface area contributed by atoms with E-state index >= 15 is 0 Å². The summed E-state index contributed by atoms with van der Waals surface area (Å²) < 4.78 is 5.50. The number of ether oxygens (including phenoxy) is 1. The number of aliphatic hydroxyl groups excluding tert-OH is 1. The molecule has 6 nitrogen and oxygen atoms in total. The van der Waals surface area contributed by atoms with E-state index in [1.54, 1.807) is 0 Å². The molecule has 0 aromatic heterocycles. The highest BCUT2D eigenvalue weighted by Crippen LogP contribution is 2.20. The third kappa shape index (κ3) is 10.00. The van der Waals surface area contributed by atoms with Gasteiger partial charge >= 0.3 is 0 Å². The van der Waals surface area contributed by atoms with Gasteiger partial charge in [-0.3, -0.25) is 4.99 Å². The Labute approximate surface area is 193 Å². The molecule has 1 saturated heterocycles. The van der Waals surface area contributed by atoms with Crippen LogP contribution in [0.1, 0.15) is 39.2 Å². The molecule has 0 spiro atoms. The summed E-state index contributed by atoms with van der Waals surface area (Å²) in [6.45, 7) is 12.5. The van der Waals surface area contributed by atoms with E-state index in [0.29, 0.717) is 31.7 Å². The maximum Gasteiger partial charge on any atom is 0.191 e. The van der Waals surface area contributed by atoms with Gasteiger partial charge in [-0.05, 0) is 44.7 Å². The number of rotatable bonds is 9. The first-order chi connectivity index (χ1) is 13.5. The Morgan fingerprint density at radius 3 is 2.66 bits per heavy atom. The van der Waals surface area contributed by atoms with Gasteiger partial charge < -0.3 is 25.4 Å². The maximum absolute atomic E-state index is 10.1. The van der Waals surface area contributed by atoms with Crippen LogP contribution in [0.4, 0.5) is 5.69 Å². The molecule has 1 heterocycles. The number of benzene rings is 1. The number of nitrogens with one attached hydrogen (secondary N) is 2. The number of aryl methyl sites for hydroxylation is 1. The summed E-state index contributed by atoms with van der Waals surface area (Å²) >= 11 is 0. The van der Waals surface area contributed by atoms with Crippen LogP contribution in [0.3, 0.4) is 0 Å². The number of halogens is 1. The molecule has 1 fully saturated rings. The molecule has 2 unspecified atom stereocenters. The summed E-state index contributed by atoms with van der Waals surface area (Å²) in [7, 11) is 0. The lowest BCUT2D eigenvalue weighted by Gasteiger charge is -2.35. The van der Waals surface area contributed by atoms with Gasteiger partial charge in [0, 0.05) is 38.0 Å². The summed E-state index contributed by atoms with van der Waals surface area (Å²) in [6.07, 6.45) is 1.69. The first-order valence-corrected chi connectivity index (χ1v) is 10.6. The smallest absolute Gasteiger partial charge is 0.191 e. The average Bonchev–Trinajstić information content (AvgIpc) is 2.67. The summed E-state index contributed by atoms with van der Waals surface area (Å²) in [6, 6.07) is 9.07. The Balaban J connectivity index is 0.00000420. The molecule has 0 amide bonds. The van der Waals surface area contributed by atoms with Crippen LogP contribution in [0.15, 0.2) is 29.3 Å². The zero-order valence-corrected chi connectivity index (χ0v) is 20.7. The predicted molar refractivity (Wildman–Crippen MR) is 133 cm³/mol. The minimum Gasteiger partial charge on any atom is -0.389 e. The van der Waals surface area contributed by atoms with Gasteiger partial charge in [0.2, 0.25) is 0 Å². The van der Waals surface area contributed by atoms with Gasteiger partial charge in [0.25, 0.3) is 0 Å². The minimum absolute atomic E-state index is 0. The fourth-order valence-corrected chi connectivity index (χ4v) is 3.29. The Morgan fingerprint density at radius 1 is 1.28 bits per heavy atom. The van der Waals surface area contributed by atoms with E-state index in [-0.39, 0.29) is 24.0 Å². The molecule has 1 aromatic carbocycles. The molecule has 1 aliphatic rings. The van der Waals surface area contributed by atoms with E-state index in [1.165, 1.54) is 11.3 Å². The number of aliphatic imine (C=N–C) groups is 1. The maximum atomic E-state index is 10.1. The summed E-state index contributed by atoms with van der Waals surface area (Å²) in [5.74, 6) is 1.23. The van der Waals surface area contributed by atoms with Crippen molar-refractivity contribution in [2.24, 2.45) is 10.9 Å². The zero-order valence-electron chi connectivity index (χ0n) is 18.4. The van der Waals surface area contributed by atoms with Crippen LogP contribution >= 0.6 is 24.0 Å². The molecule has 7 heteroatoms. The van der Waals surface area contributed by atoms with Gasteiger partial charge in [0.05, 0.1) is 19.3 Å². The van der Waals surface area contributed by atoms with Crippen molar-refractivity contribution in [1.82, 2.24) is 10.6 Å². The summed E-state index contributed by atoms with van der Waals surface area (Å²) in [4.78, 5) is 6.99. The van der Waals surface area contributed by atoms with Gasteiger partial charge in [-0.2, -0.15) is 0 Å². The van der Waals surface area contributed by atoms with Crippen LogP contribution in [-0.4, -0.2) is 62.6 Å². The molecular formula is C22H39IN4O2. The van der Waals surface area contributed by atoms with E-state index in [0.717, 1.165) is 38.4 Å². The van der Waals surface area contributed by atoms with Crippen LogP contribution in [0.25, 0.3) is 0 Å². The van der Waals surface area contributed by atoms with Crippen molar-refractivity contribution >= 4 is 35.6 Å². The van der Waals surface area contributed by atoms with E-state index in [1.807, 2.05) is 0 Å². The van der Waals surface area contributed by atoms with Crippen LogP contribution in [0.2, 0.25) is 0 Å². The topological polar surface area (TPSA) is 69.1 Å². The van der Waals surface area contributed by atoms with E-state index in [4.69, 9.17) is 4.74 Å². The Morgan fingerprint density at radius 2 is 2.00 bits per heavy atom. The van der Waals surface area contributed by atoms with Crippen molar-refractivity contribution in [2.45, 2.75) is 52.7 Å². The lowest BCUT2D eigenvalue weighted by atomic mass is 10.0. The highest BCUT2D eigenvalue weighted by atomic mass is 127. The molecule has 2 atom stereocenters. The Bertz CT molecular complexity index is 595. The number of hydrogen-bond donors (Lipinski definition) is 3. The van der Waals surface area contributed by atoms with Gasteiger partial charge in [0.15, 0.2) is 5.96 Å². The molecule has 0 bridgehead atoms. The number of piperidine rings is 1. The van der Waals surface area contributed by atoms with E-state index in [9.17, 15) is 5.11 Å². The molecule has 29 heavy (non-hydrogen) atoms. The minimum atomic E-state index is -0.579. The van der Waals surface area contributed by atoms with Crippen molar-refractivity contribution in [2.75, 3.05) is 44.3 Å². The summed E-state index contributed by atoms with van der Waals surface area (Å²) in [5, 5.41) is 16.9. The standard InChI is InChI=1S/C22H38N4O2.HI/c1-5-23-22(24-13-21(27)16-28-15-17(2)3)25-19-7-6-12-26(14-19)20-10-8-18(4)9-11-20;/h8-11,17,19,21,27H,5-7,12-16H2,1-4H3,(H2,23,24,25);1H. The van der Waals surface area contributed by atoms with Gasteiger partial charge in [-0.1, -0.05) is 31.5 Å². The van der Waals surface area contributed by atoms with Gasteiger partial charge in [0.1, 0.15) is 0 Å². The van der Waals surface area contributed by atoms with Crippen molar-refractivity contribution < 1.29 is 9.84 Å². The first kappa shape index (κ1) is 26.0. The zero-order chi connectivity index (χ0) is 20.4. The number of anilines is 1.